The smallest absolute Gasteiger partial charge is 0.339 e. The molecule has 0 unspecified atom stereocenters. The summed E-state index contributed by atoms with van der Waals surface area (Å²) in [5.74, 6) is -1.43. The number of aromatic carboxylic acids is 1. The van der Waals surface area contributed by atoms with Gasteiger partial charge in [0, 0.05) is 25.2 Å². The molecule has 0 spiro atoms. The van der Waals surface area contributed by atoms with Crippen LogP contribution in [0.2, 0.25) is 15.1 Å². The molecule has 0 bridgehead atoms. The van der Waals surface area contributed by atoms with Gasteiger partial charge in [0.05, 0.1) is 15.1 Å². The van der Waals surface area contributed by atoms with E-state index < -0.39 is 11.9 Å². The van der Waals surface area contributed by atoms with Crippen molar-refractivity contribution in [2.24, 2.45) is 0 Å². The average molecular weight is 419 g/mol. The molecule has 0 fully saturated rings. The second-order valence-corrected chi connectivity index (χ2v) is 6.30. The second kappa shape index (κ2) is 8.98. The predicted octanol–water partition coefficient (Wildman–Crippen LogP) is 4.76. The van der Waals surface area contributed by atoms with Gasteiger partial charge in [0.1, 0.15) is 23.7 Å². The summed E-state index contributed by atoms with van der Waals surface area (Å²) in [6.07, 6.45) is 0. The maximum absolute atomic E-state index is 11.3. The van der Waals surface area contributed by atoms with E-state index in [9.17, 15) is 14.7 Å². The zero-order valence-electron chi connectivity index (χ0n) is 13.5. The third-order valence-corrected chi connectivity index (χ3v) is 4.14. The summed E-state index contributed by atoms with van der Waals surface area (Å²) in [4.78, 5) is 22.3. The van der Waals surface area contributed by atoms with Crippen LogP contribution < -0.4 is 14.8 Å². The summed E-state index contributed by atoms with van der Waals surface area (Å²) in [6.45, 7) is 1.80. The Bertz CT molecular complexity index is 841. The van der Waals surface area contributed by atoms with Crippen LogP contribution in [-0.4, -0.2) is 30.2 Å². The van der Waals surface area contributed by atoms with Crippen molar-refractivity contribution in [2.75, 3.05) is 18.5 Å². The Morgan fingerprint density at radius 3 is 2.38 bits per heavy atom. The molecule has 0 atom stereocenters. The fourth-order valence-electron chi connectivity index (χ4n) is 2.02. The molecule has 2 aromatic carbocycles. The van der Waals surface area contributed by atoms with Gasteiger partial charge in [-0.15, -0.1) is 0 Å². The highest BCUT2D eigenvalue weighted by atomic mass is 35.5. The van der Waals surface area contributed by atoms with Crippen LogP contribution in [0, 0.1) is 0 Å². The summed E-state index contributed by atoms with van der Waals surface area (Å²) in [5, 5.41) is 13.2. The van der Waals surface area contributed by atoms with Crippen molar-refractivity contribution in [1.29, 1.82) is 0 Å². The van der Waals surface area contributed by atoms with Gasteiger partial charge in [-0.25, -0.2) is 4.79 Å². The first-order valence-corrected chi connectivity index (χ1v) is 8.48. The van der Waals surface area contributed by atoms with Crippen molar-refractivity contribution in [2.45, 2.75) is 6.92 Å². The highest BCUT2D eigenvalue weighted by Gasteiger charge is 2.14. The van der Waals surface area contributed by atoms with Crippen molar-refractivity contribution in [3.8, 4) is 11.5 Å². The molecule has 2 rings (SSSR count). The molecule has 6 nitrogen and oxygen atoms in total. The molecule has 0 aromatic heterocycles. The number of carbonyl (C=O) groups excluding carboxylic acids is 1. The van der Waals surface area contributed by atoms with Gasteiger partial charge in [-0.05, 0) is 24.3 Å². The minimum atomic E-state index is -1.20. The number of rotatable bonds is 7. The monoisotopic (exact) mass is 417 g/mol. The van der Waals surface area contributed by atoms with Gasteiger partial charge in [-0.2, -0.15) is 0 Å². The largest absolute Gasteiger partial charge is 0.490 e. The zero-order chi connectivity index (χ0) is 19.3. The van der Waals surface area contributed by atoms with E-state index in [0.29, 0.717) is 33.0 Å². The molecular weight excluding hydrogens is 405 g/mol. The Hall–Kier alpha value is -2.15. The third-order valence-electron chi connectivity index (χ3n) is 3.13. The second-order valence-electron chi connectivity index (χ2n) is 5.08. The summed E-state index contributed by atoms with van der Waals surface area (Å²) in [5.41, 5.74) is 0.404. The highest BCUT2D eigenvalue weighted by molar-refractivity contribution is 6.43. The molecule has 138 valence electrons. The number of carbonyl (C=O) groups is 2. The molecule has 2 aromatic rings. The summed E-state index contributed by atoms with van der Waals surface area (Å²) >= 11 is 17.8. The fraction of sp³-hybridized carbons (Fsp3) is 0.176. The van der Waals surface area contributed by atoms with Crippen LogP contribution in [0.25, 0.3) is 0 Å². The van der Waals surface area contributed by atoms with Crippen LogP contribution in [0.4, 0.5) is 5.69 Å². The van der Waals surface area contributed by atoms with Gasteiger partial charge in [0.2, 0.25) is 0 Å². The standard InChI is InChI=1S/C17H14Cl3NO5/c1-9(22)26-15-3-2-10(6-11(15)17(23)24)21-4-5-25-16-8-13(19)12(18)7-14(16)20/h2-3,6-8,21H,4-5H2,1H3,(H,23,24). The Labute approximate surface area is 164 Å². The molecule has 2 N–H and O–H groups in total. The zero-order valence-corrected chi connectivity index (χ0v) is 15.8. The van der Waals surface area contributed by atoms with Crippen LogP contribution in [-0.2, 0) is 4.79 Å². The van der Waals surface area contributed by atoms with E-state index in [-0.39, 0.29) is 17.9 Å². The number of nitrogens with one attached hydrogen (secondary N) is 1. The van der Waals surface area contributed by atoms with Crippen molar-refractivity contribution < 1.29 is 24.2 Å². The summed E-state index contributed by atoms with van der Waals surface area (Å²) in [7, 11) is 0. The number of halogens is 3. The van der Waals surface area contributed by atoms with Gasteiger partial charge < -0.3 is 19.9 Å². The molecule has 26 heavy (non-hydrogen) atoms. The third kappa shape index (κ3) is 5.42. The van der Waals surface area contributed by atoms with E-state index >= 15 is 0 Å². The Kier molecular flexibility index (Phi) is 6.97. The van der Waals surface area contributed by atoms with E-state index in [1.807, 2.05) is 0 Å². The minimum Gasteiger partial charge on any atom is -0.490 e. The first-order chi connectivity index (χ1) is 12.3. The Morgan fingerprint density at radius 1 is 1.04 bits per heavy atom. The number of carboxylic acids is 1. The summed E-state index contributed by atoms with van der Waals surface area (Å²) in [6, 6.07) is 7.37. The van der Waals surface area contributed by atoms with Crippen LogP contribution >= 0.6 is 34.8 Å². The van der Waals surface area contributed by atoms with Crippen molar-refractivity contribution in [3.63, 3.8) is 0 Å². The molecule has 0 saturated carbocycles. The van der Waals surface area contributed by atoms with Gasteiger partial charge in [0.25, 0.3) is 0 Å². The van der Waals surface area contributed by atoms with Crippen molar-refractivity contribution >= 4 is 52.4 Å². The van der Waals surface area contributed by atoms with Gasteiger partial charge in [0.15, 0.2) is 0 Å². The van der Waals surface area contributed by atoms with Crippen molar-refractivity contribution in [3.05, 3.63) is 51.0 Å². The van der Waals surface area contributed by atoms with Crippen LogP contribution in [0.1, 0.15) is 17.3 Å². The highest BCUT2D eigenvalue weighted by Crippen LogP contribution is 2.33. The van der Waals surface area contributed by atoms with Crippen molar-refractivity contribution in [1.82, 2.24) is 0 Å². The molecule has 0 heterocycles. The van der Waals surface area contributed by atoms with E-state index in [1.54, 1.807) is 6.07 Å². The van der Waals surface area contributed by atoms with E-state index in [2.05, 4.69) is 5.32 Å². The normalized spacial score (nSPS) is 10.3. The molecule has 0 radical (unpaired) electrons. The lowest BCUT2D eigenvalue weighted by Gasteiger charge is -2.12. The van der Waals surface area contributed by atoms with E-state index in [4.69, 9.17) is 44.3 Å². The summed E-state index contributed by atoms with van der Waals surface area (Å²) < 4.78 is 10.4. The van der Waals surface area contributed by atoms with Crippen LogP contribution in [0.15, 0.2) is 30.3 Å². The predicted molar refractivity (Wildman–Crippen MR) is 100 cm³/mol. The Morgan fingerprint density at radius 2 is 1.73 bits per heavy atom. The number of carboxylic acid groups (broad SMARTS) is 1. The van der Waals surface area contributed by atoms with Gasteiger partial charge in [-0.3, -0.25) is 4.79 Å². The molecule has 9 heteroatoms. The molecule has 0 aliphatic carbocycles. The van der Waals surface area contributed by atoms with Gasteiger partial charge >= 0.3 is 11.9 Å². The maximum atomic E-state index is 11.3. The molecule has 0 amide bonds. The molecular formula is C17H14Cl3NO5. The number of benzene rings is 2. The lowest BCUT2D eigenvalue weighted by Crippen LogP contribution is -2.13. The van der Waals surface area contributed by atoms with Gasteiger partial charge in [-0.1, -0.05) is 34.8 Å². The first kappa shape index (κ1) is 20.2. The van der Waals surface area contributed by atoms with E-state index in [0.717, 1.165) is 0 Å². The SMILES string of the molecule is CC(=O)Oc1ccc(NCCOc2cc(Cl)c(Cl)cc2Cl)cc1C(=O)O. The van der Waals surface area contributed by atoms with E-state index in [1.165, 1.54) is 31.2 Å². The fourth-order valence-corrected chi connectivity index (χ4v) is 2.61. The average Bonchev–Trinajstić information content (AvgIpc) is 2.56. The quantitative estimate of drug-likeness (QED) is 0.292. The number of esters is 1. The number of ether oxygens (including phenoxy) is 2. The lowest BCUT2D eigenvalue weighted by atomic mass is 10.1. The molecule has 0 aliphatic rings. The number of hydrogen-bond donors (Lipinski definition) is 2. The van der Waals surface area contributed by atoms with Crippen LogP contribution in [0.3, 0.4) is 0 Å². The maximum Gasteiger partial charge on any atom is 0.339 e. The first-order valence-electron chi connectivity index (χ1n) is 7.35. The number of hydrogen-bond acceptors (Lipinski definition) is 5. The minimum absolute atomic E-state index is 0.0191. The lowest BCUT2D eigenvalue weighted by molar-refractivity contribution is -0.131. The molecule has 0 saturated heterocycles. The van der Waals surface area contributed by atoms with Crippen LogP contribution in [0.5, 0.6) is 11.5 Å². The topological polar surface area (TPSA) is 84.9 Å². The Balaban J connectivity index is 1.97. The number of anilines is 1. The molecule has 0 aliphatic heterocycles.